The number of rotatable bonds is 1. The summed E-state index contributed by atoms with van der Waals surface area (Å²) in [6.07, 6.45) is 0.884. The van der Waals surface area contributed by atoms with Crippen LogP contribution in [0.1, 0.15) is 39.9 Å². The number of aryl methyl sites for hydroxylation is 1. The molecule has 1 atom stereocenters. The third-order valence-electron chi connectivity index (χ3n) is 4.29. The molecule has 25 heavy (non-hydrogen) atoms. The lowest BCUT2D eigenvalue weighted by Crippen LogP contribution is -2.42. The Balaban J connectivity index is 1.77. The number of nitrogens with zero attached hydrogens (tertiary/aromatic N) is 1. The maximum atomic E-state index is 14.4. The summed E-state index contributed by atoms with van der Waals surface area (Å²) in [5.74, 6) is 4.94. The van der Waals surface area contributed by atoms with E-state index < -0.39 is 11.9 Å². The highest BCUT2D eigenvalue weighted by Gasteiger charge is 2.24. The molecule has 1 fully saturated rings. The van der Waals surface area contributed by atoms with Crippen molar-refractivity contribution in [3.8, 4) is 11.8 Å². The van der Waals surface area contributed by atoms with Gasteiger partial charge in [0.2, 0.25) is 0 Å². The first-order chi connectivity index (χ1) is 12.0. The van der Waals surface area contributed by atoms with Crippen LogP contribution in [0.5, 0.6) is 0 Å². The summed E-state index contributed by atoms with van der Waals surface area (Å²) in [4.78, 5) is 13.9. The Labute approximate surface area is 147 Å². The predicted octanol–water partition coefficient (Wildman–Crippen LogP) is 3.13. The summed E-state index contributed by atoms with van der Waals surface area (Å²) < 4.78 is 14.4. The quantitative estimate of drug-likeness (QED) is 0.812. The molecule has 2 aromatic carbocycles. The monoisotopic (exact) mass is 337 g/mol. The van der Waals surface area contributed by atoms with Crippen molar-refractivity contribution < 1.29 is 14.3 Å². The zero-order valence-corrected chi connectivity index (χ0v) is 14.1. The molecule has 0 spiro atoms. The van der Waals surface area contributed by atoms with Crippen molar-refractivity contribution in [3.63, 3.8) is 0 Å². The van der Waals surface area contributed by atoms with Gasteiger partial charge >= 0.3 is 0 Å². The van der Waals surface area contributed by atoms with Crippen molar-refractivity contribution in [3.05, 3.63) is 70.5 Å². The summed E-state index contributed by atoms with van der Waals surface area (Å²) >= 11 is 0. The lowest BCUT2D eigenvalue weighted by molar-refractivity contribution is 0.0470. The highest BCUT2D eigenvalue weighted by molar-refractivity contribution is 5.94. The Morgan fingerprint density at radius 1 is 1.16 bits per heavy atom. The minimum atomic E-state index is -0.583. The molecule has 4 heteroatoms. The number of benzene rings is 2. The molecule has 0 bridgehead atoms. The first kappa shape index (κ1) is 17.2. The number of carbonyl (C=O) groups excluding carboxylic acids is 1. The third kappa shape index (κ3) is 4.26. The summed E-state index contributed by atoms with van der Waals surface area (Å²) in [7, 11) is 0. The number of carbonyl (C=O) groups is 1. The molecule has 1 heterocycles. The van der Waals surface area contributed by atoms with Crippen LogP contribution < -0.4 is 0 Å². The Kier molecular flexibility index (Phi) is 5.16. The van der Waals surface area contributed by atoms with E-state index in [2.05, 4.69) is 11.8 Å². The van der Waals surface area contributed by atoms with E-state index in [-0.39, 0.29) is 18.0 Å². The van der Waals surface area contributed by atoms with E-state index in [0.29, 0.717) is 18.5 Å². The molecule has 0 aromatic heterocycles. The number of aliphatic hydroxyl groups excluding tert-OH is 1. The van der Waals surface area contributed by atoms with Crippen LogP contribution in [-0.4, -0.2) is 35.1 Å². The highest BCUT2D eigenvalue weighted by atomic mass is 19.1. The summed E-state index contributed by atoms with van der Waals surface area (Å²) in [6, 6.07) is 12.2. The maximum Gasteiger partial charge on any atom is 0.256 e. The van der Waals surface area contributed by atoms with Crippen molar-refractivity contribution in [1.29, 1.82) is 0 Å². The normalized spacial score (nSPS) is 16.9. The predicted molar refractivity (Wildman–Crippen MR) is 94.7 cm³/mol. The molecule has 2 aromatic rings. The maximum absolute atomic E-state index is 14.4. The first-order valence-corrected chi connectivity index (χ1v) is 8.38. The van der Waals surface area contributed by atoms with E-state index in [0.717, 1.165) is 17.5 Å². The number of halogens is 1. The van der Waals surface area contributed by atoms with E-state index in [1.54, 1.807) is 6.07 Å². The van der Waals surface area contributed by atoms with Crippen LogP contribution in [0.25, 0.3) is 0 Å². The number of piperidine rings is 1. The number of hydrogen-bond acceptors (Lipinski definition) is 2. The van der Waals surface area contributed by atoms with Gasteiger partial charge in [0, 0.05) is 24.2 Å². The Hall–Kier alpha value is -2.64. The third-order valence-corrected chi connectivity index (χ3v) is 4.29. The standard InChI is InChI=1S/C21H20FNO2/c1-15-4-6-16(7-5-15)8-9-17-10-11-19(20(22)13-17)21(25)23-12-2-3-18(24)14-23/h4-7,10-11,13,18,24H,2-3,12,14H2,1H3/t18-/m1/s1. The van der Waals surface area contributed by atoms with Crippen LogP contribution in [0.3, 0.4) is 0 Å². The van der Waals surface area contributed by atoms with E-state index in [1.165, 1.54) is 17.0 Å². The van der Waals surface area contributed by atoms with Crippen LogP contribution in [-0.2, 0) is 0 Å². The van der Waals surface area contributed by atoms with Crippen LogP contribution >= 0.6 is 0 Å². The zero-order chi connectivity index (χ0) is 17.8. The molecule has 1 saturated heterocycles. The van der Waals surface area contributed by atoms with Gasteiger partial charge in [-0.15, -0.1) is 0 Å². The van der Waals surface area contributed by atoms with Crippen LogP contribution in [0.4, 0.5) is 4.39 Å². The fourth-order valence-corrected chi connectivity index (χ4v) is 2.86. The topological polar surface area (TPSA) is 40.5 Å². The van der Waals surface area contributed by atoms with E-state index in [4.69, 9.17) is 0 Å². The fraction of sp³-hybridized carbons (Fsp3) is 0.286. The number of β-amino-alcohol motifs (C(OH)–C–C–N with tert-alkyl or cyclic N) is 1. The number of hydrogen-bond donors (Lipinski definition) is 1. The lowest BCUT2D eigenvalue weighted by Gasteiger charge is -2.30. The molecule has 3 nitrogen and oxygen atoms in total. The fourth-order valence-electron chi connectivity index (χ4n) is 2.86. The Morgan fingerprint density at radius 3 is 2.52 bits per heavy atom. The van der Waals surface area contributed by atoms with Gasteiger partial charge in [0.05, 0.1) is 11.7 Å². The first-order valence-electron chi connectivity index (χ1n) is 8.38. The van der Waals surface area contributed by atoms with Crippen LogP contribution in [0.15, 0.2) is 42.5 Å². The Morgan fingerprint density at radius 2 is 1.84 bits per heavy atom. The number of amides is 1. The molecule has 0 radical (unpaired) electrons. The molecule has 1 aliphatic heterocycles. The van der Waals surface area contributed by atoms with Gasteiger partial charge in [0.15, 0.2) is 0 Å². The zero-order valence-electron chi connectivity index (χ0n) is 14.1. The number of likely N-dealkylation sites (tertiary alicyclic amines) is 1. The number of aliphatic hydroxyl groups is 1. The van der Waals surface area contributed by atoms with Gasteiger partial charge in [-0.25, -0.2) is 4.39 Å². The lowest BCUT2D eigenvalue weighted by atomic mass is 10.1. The molecule has 0 saturated carbocycles. The summed E-state index contributed by atoms with van der Waals surface area (Å²) in [6.45, 7) is 2.81. The van der Waals surface area contributed by atoms with E-state index >= 15 is 0 Å². The molecule has 1 amide bonds. The highest BCUT2D eigenvalue weighted by Crippen LogP contribution is 2.17. The average Bonchev–Trinajstić information content (AvgIpc) is 2.61. The minimum absolute atomic E-state index is 0.0231. The molecule has 3 rings (SSSR count). The van der Waals surface area contributed by atoms with Crippen molar-refractivity contribution in [2.75, 3.05) is 13.1 Å². The molecular weight excluding hydrogens is 317 g/mol. The van der Waals surface area contributed by atoms with Gasteiger partial charge in [-0.05, 0) is 50.1 Å². The second-order valence-corrected chi connectivity index (χ2v) is 6.36. The van der Waals surface area contributed by atoms with E-state index in [9.17, 15) is 14.3 Å². The summed E-state index contributed by atoms with van der Waals surface area (Å²) in [5, 5.41) is 9.68. The van der Waals surface area contributed by atoms with Gasteiger partial charge in [-0.2, -0.15) is 0 Å². The minimum Gasteiger partial charge on any atom is -0.391 e. The molecule has 0 unspecified atom stereocenters. The van der Waals surface area contributed by atoms with Crippen molar-refractivity contribution in [1.82, 2.24) is 4.90 Å². The van der Waals surface area contributed by atoms with Crippen LogP contribution in [0.2, 0.25) is 0 Å². The second kappa shape index (κ2) is 7.50. The molecule has 0 aliphatic carbocycles. The average molecular weight is 337 g/mol. The molecular formula is C21H20FNO2. The largest absolute Gasteiger partial charge is 0.391 e. The van der Waals surface area contributed by atoms with Gasteiger partial charge < -0.3 is 10.0 Å². The van der Waals surface area contributed by atoms with Crippen molar-refractivity contribution in [2.45, 2.75) is 25.9 Å². The van der Waals surface area contributed by atoms with E-state index in [1.807, 2.05) is 31.2 Å². The van der Waals surface area contributed by atoms with Gasteiger partial charge in [0.1, 0.15) is 5.82 Å². The Bertz CT molecular complexity index is 833. The molecule has 1 aliphatic rings. The summed E-state index contributed by atoms with van der Waals surface area (Å²) in [5.41, 5.74) is 2.55. The second-order valence-electron chi connectivity index (χ2n) is 6.36. The van der Waals surface area contributed by atoms with Crippen molar-refractivity contribution in [2.24, 2.45) is 0 Å². The van der Waals surface area contributed by atoms with Crippen LogP contribution in [0, 0.1) is 24.6 Å². The SMILES string of the molecule is Cc1ccc(C#Cc2ccc(C(=O)N3CCC[C@@H](O)C3)c(F)c2)cc1. The van der Waals surface area contributed by atoms with Crippen molar-refractivity contribution >= 4 is 5.91 Å². The molecule has 128 valence electrons. The van der Waals surface area contributed by atoms with Gasteiger partial charge in [-0.3, -0.25) is 4.79 Å². The van der Waals surface area contributed by atoms with Gasteiger partial charge in [-0.1, -0.05) is 29.5 Å². The smallest absolute Gasteiger partial charge is 0.256 e. The van der Waals surface area contributed by atoms with Gasteiger partial charge in [0.25, 0.3) is 5.91 Å². The molecule has 1 N–H and O–H groups in total.